The Morgan fingerprint density at radius 1 is 0.935 bits per heavy atom. The van der Waals surface area contributed by atoms with Crippen molar-refractivity contribution in [1.82, 2.24) is 9.13 Å². The van der Waals surface area contributed by atoms with Crippen molar-refractivity contribution in [1.29, 1.82) is 0 Å². The highest BCUT2D eigenvalue weighted by Gasteiger charge is 2.39. The zero-order chi connectivity index (χ0) is 22.4. The SMILES string of the molecule is COc1cc([C@H]2C3=C(CCCC3=O)Nc3c2c(=O)n(C)c(=O)n3C)cc(OC)c1OC. The lowest BCUT2D eigenvalue weighted by Crippen LogP contribution is -2.44. The third kappa shape index (κ3) is 3.03. The quantitative estimate of drug-likeness (QED) is 0.792. The molecule has 4 rings (SSSR count). The van der Waals surface area contributed by atoms with Gasteiger partial charge >= 0.3 is 5.69 Å². The van der Waals surface area contributed by atoms with Gasteiger partial charge in [0.1, 0.15) is 5.82 Å². The van der Waals surface area contributed by atoms with Crippen LogP contribution in [0.1, 0.15) is 36.3 Å². The number of carbonyl (C=O) groups excluding carboxylic acids is 1. The van der Waals surface area contributed by atoms with Crippen molar-refractivity contribution < 1.29 is 19.0 Å². The Bertz CT molecular complexity index is 1210. The molecule has 31 heavy (non-hydrogen) atoms. The molecule has 1 aromatic carbocycles. The van der Waals surface area contributed by atoms with Gasteiger partial charge in [-0.2, -0.15) is 0 Å². The first kappa shape index (κ1) is 20.8. The average Bonchev–Trinajstić information content (AvgIpc) is 2.79. The minimum Gasteiger partial charge on any atom is -0.493 e. The lowest BCUT2D eigenvalue weighted by atomic mass is 9.76. The number of allylic oxidation sites excluding steroid dienone is 2. The summed E-state index contributed by atoms with van der Waals surface area (Å²) in [5.41, 5.74) is 1.39. The monoisotopic (exact) mass is 427 g/mol. The molecular formula is C22H25N3O6. The van der Waals surface area contributed by atoms with E-state index in [0.717, 1.165) is 10.3 Å². The molecule has 164 valence electrons. The highest BCUT2D eigenvalue weighted by molar-refractivity contribution is 6.01. The van der Waals surface area contributed by atoms with Gasteiger partial charge < -0.3 is 19.5 Å². The maximum atomic E-state index is 13.3. The summed E-state index contributed by atoms with van der Waals surface area (Å²) in [6, 6.07) is 3.50. The van der Waals surface area contributed by atoms with Gasteiger partial charge in [-0.1, -0.05) is 0 Å². The predicted octanol–water partition coefficient (Wildman–Crippen LogP) is 1.67. The largest absolute Gasteiger partial charge is 0.493 e. The van der Waals surface area contributed by atoms with Crippen molar-refractivity contribution in [3.8, 4) is 17.2 Å². The van der Waals surface area contributed by atoms with Gasteiger partial charge in [-0.25, -0.2) is 4.79 Å². The van der Waals surface area contributed by atoms with Crippen LogP contribution in [-0.2, 0) is 18.9 Å². The van der Waals surface area contributed by atoms with E-state index in [0.29, 0.717) is 59.0 Å². The first-order valence-corrected chi connectivity index (χ1v) is 9.97. The van der Waals surface area contributed by atoms with Crippen molar-refractivity contribution in [3.63, 3.8) is 0 Å². The van der Waals surface area contributed by atoms with Crippen LogP contribution in [0.15, 0.2) is 33.0 Å². The lowest BCUT2D eigenvalue weighted by Gasteiger charge is -2.34. The van der Waals surface area contributed by atoms with E-state index in [9.17, 15) is 14.4 Å². The van der Waals surface area contributed by atoms with Crippen LogP contribution in [0.4, 0.5) is 5.82 Å². The van der Waals surface area contributed by atoms with Crippen molar-refractivity contribution in [3.05, 3.63) is 55.4 Å². The maximum absolute atomic E-state index is 13.3. The molecule has 9 heteroatoms. The van der Waals surface area contributed by atoms with Gasteiger partial charge in [0.05, 0.1) is 26.9 Å². The van der Waals surface area contributed by atoms with Crippen LogP contribution in [-0.4, -0.2) is 36.2 Å². The number of ketones is 1. The highest BCUT2D eigenvalue weighted by Crippen LogP contribution is 2.47. The molecule has 0 amide bonds. The zero-order valence-electron chi connectivity index (χ0n) is 18.2. The van der Waals surface area contributed by atoms with Crippen molar-refractivity contribution >= 4 is 11.6 Å². The van der Waals surface area contributed by atoms with Crippen LogP contribution < -0.4 is 30.8 Å². The van der Waals surface area contributed by atoms with E-state index in [1.165, 1.54) is 32.9 Å². The number of carbonyl (C=O) groups is 1. The number of benzene rings is 1. The Balaban J connectivity index is 2.10. The molecular weight excluding hydrogens is 402 g/mol. The second kappa shape index (κ2) is 7.64. The molecule has 0 saturated carbocycles. The number of anilines is 1. The van der Waals surface area contributed by atoms with Crippen LogP contribution in [0.25, 0.3) is 0 Å². The molecule has 9 nitrogen and oxygen atoms in total. The van der Waals surface area contributed by atoms with Gasteiger partial charge in [0.15, 0.2) is 17.3 Å². The number of nitrogens with one attached hydrogen (secondary N) is 1. The number of nitrogens with zero attached hydrogens (tertiary/aromatic N) is 2. The Kier molecular flexibility index (Phi) is 5.12. The minimum absolute atomic E-state index is 0.0194. The van der Waals surface area contributed by atoms with Gasteiger partial charge in [0.2, 0.25) is 5.75 Å². The second-order valence-electron chi connectivity index (χ2n) is 7.65. The number of ether oxygens (including phenoxy) is 3. The molecule has 0 saturated heterocycles. The van der Waals surface area contributed by atoms with Crippen molar-refractivity contribution in [2.45, 2.75) is 25.2 Å². The van der Waals surface area contributed by atoms with Crippen molar-refractivity contribution in [2.75, 3.05) is 26.6 Å². The summed E-state index contributed by atoms with van der Waals surface area (Å²) in [6.07, 6.45) is 1.77. The summed E-state index contributed by atoms with van der Waals surface area (Å²) < 4.78 is 18.9. The molecule has 2 aromatic rings. The summed E-state index contributed by atoms with van der Waals surface area (Å²) >= 11 is 0. The van der Waals surface area contributed by atoms with Crippen LogP contribution in [0, 0.1) is 0 Å². The fourth-order valence-electron chi connectivity index (χ4n) is 4.50. The van der Waals surface area contributed by atoms with Crippen LogP contribution >= 0.6 is 0 Å². The fraction of sp³-hybridized carbons (Fsp3) is 0.409. The molecule has 2 heterocycles. The van der Waals surface area contributed by atoms with Gasteiger partial charge in [-0.15, -0.1) is 0 Å². The van der Waals surface area contributed by atoms with E-state index < -0.39 is 17.2 Å². The standard InChI is InChI=1S/C22H25N3O6/c1-24-20-18(21(27)25(2)22(24)28)16(17-12(23-20)7-6-8-13(17)26)11-9-14(29-3)19(31-5)15(10-11)30-4/h9-10,16,23H,6-8H2,1-5H3/t16-/m0/s1. The van der Waals surface area contributed by atoms with E-state index in [1.54, 1.807) is 19.2 Å². The minimum atomic E-state index is -0.668. The summed E-state index contributed by atoms with van der Waals surface area (Å²) in [7, 11) is 7.57. The van der Waals surface area contributed by atoms with E-state index in [2.05, 4.69) is 5.32 Å². The lowest BCUT2D eigenvalue weighted by molar-refractivity contribution is -0.116. The number of methoxy groups -OCH3 is 3. The summed E-state index contributed by atoms with van der Waals surface area (Å²) in [6.45, 7) is 0. The normalized spacial score (nSPS) is 17.6. The van der Waals surface area contributed by atoms with Crippen LogP contribution in [0.2, 0.25) is 0 Å². The summed E-state index contributed by atoms with van der Waals surface area (Å²) in [4.78, 5) is 38.9. The summed E-state index contributed by atoms with van der Waals surface area (Å²) in [5, 5.41) is 3.21. The Labute approximate surface area is 178 Å². The van der Waals surface area contributed by atoms with E-state index in [4.69, 9.17) is 14.2 Å². The average molecular weight is 427 g/mol. The molecule has 1 aromatic heterocycles. The van der Waals surface area contributed by atoms with Gasteiger partial charge in [0.25, 0.3) is 5.56 Å². The first-order chi connectivity index (χ1) is 14.8. The van der Waals surface area contributed by atoms with E-state index in [-0.39, 0.29) is 5.78 Å². The molecule has 0 radical (unpaired) electrons. The molecule has 0 bridgehead atoms. The van der Waals surface area contributed by atoms with Crippen molar-refractivity contribution in [2.24, 2.45) is 14.1 Å². The van der Waals surface area contributed by atoms with E-state index in [1.807, 2.05) is 0 Å². The number of fused-ring (bicyclic) bond motifs is 1. The maximum Gasteiger partial charge on any atom is 0.332 e. The molecule has 2 aliphatic rings. The zero-order valence-corrected chi connectivity index (χ0v) is 18.2. The highest BCUT2D eigenvalue weighted by atomic mass is 16.5. The van der Waals surface area contributed by atoms with Gasteiger partial charge in [-0.05, 0) is 30.5 Å². The number of hydrogen-bond donors (Lipinski definition) is 1. The van der Waals surface area contributed by atoms with Gasteiger partial charge in [0, 0.05) is 37.7 Å². The third-order valence-electron chi connectivity index (χ3n) is 6.02. The summed E-state index contributed by atoms with van der Waals surface area (Å²) in [5.74, 6) is 0.973. The molecule has 1 aliphatic carbocycles. The number of aromatic nitrogens is 2. The second-order valence-corrected chi connectivity index (χ2v) is 7.65. The Morgan fingerprint density at radius 3 is 2.16 bits per heavy atom. The number of rotatable bonds is 4. The molecule has 0 spiro atoms. The predicted molar refractivity (Wildman–Crippen MR) is 114 cm³/mol. The number of hydrogen-bond acceptors (Lipinski definition) is 7. The van der Waals surface area contributed by atoms with Crippen LogP contribution in [0.5, 0.6) is 17.2 Å². The van der Waals surface area contributed by atoms with E-state index >= 15 is 0 Å². The molecule has 1 aliphatic heterocycles. The molecule has 1 atom stereocenters. The van der Waals surface area contributed by atoms with Crippen LogP contribution in [0.3, 0.4) is 0 Å². The molecule has 1 N–H and O–H groups in total. The first-order valence-electron chi connectivity index (χ1n) is 9.97. The third-order valence-corrected chi connectivity index (χ3v) is 6.02. The molecule has 0 fully saturated rings. The molecule has 0 unspecified atom stereocenters. The Morgan fingerprint density at radius 2 is 1.58 bits per heavy atom. The number of Topliss-reactive ketones (excluding diaryl/α,β-unsaturated/α-hetero) is 1. The Hall–Kier alpha value is -3.49. The fourth-order valence-corrected chi connectivity index (χ4v) is 4.50. The van der Waals surface area contributed by atoms with Gasteiger partial charge in [-0.3, -0.25) is 18.7 Å². The topological polar surface area (TPSA) is 101 Å². The smallest absolute Gasteiger partial charge is 0.332 e.